The van der Waals surface area contributed by atoms with Crippen LogP contribution >= 0.6 is 11.3 Å². The number of rotatable bonds is 4. The van der Waals surface area contributed by atoms with Gasteiger partial charge in [-0.2, -0.15) is 0 Å². The summed E-state index contributed by atoms with van der Waals surface area (Å²) in [6, 6.07) is 0. The molecule has 0 saturated carbocycles. The molecule has 1 rings (SSSR count). The van der Waals surface area contributed by atoms with Crippen molar-refractivity contribution in [3.8, 4) is 0 Å². The molecule has 1 heterocycles. The number of aromatic nitrogens is 1. The lowest BCUT2D eigenvalue weighted by molar-refractivity contribution is -0.122. The Kier molecular flexibility index (Phi) is 3.81. The van der Waals surface area contributed by atoms with Gasteiger partial charge in [0.2, 0.25) is 0 Å². The Morgan fingerprint density at radius 3 is 2.57 bits per heavy atom. The molecular formula is C11H17NOS. The fraction of sp³-hybridized carbons (Fsp3) is 0.636. The summed E-state index contributed by atoms with van der Waals surface area (Å²) in [5.41, 5.74) is 1.01. The van der Waals surface area contributed by atoms with Crippen LogP contribution in [-0.4, -0.2) is 10.8 Å². The van der Waals surface area contributed by atoms with E-state index in [2.05, 4.69) is 18.8 Å². The van der Waals surface area contributed by atoms with Crippen molar-refractivity contribution < 1.29 is 4.79 Å². The highest BCUT2D eigenvalue weighted by Crippen LogP contribution is 2.16. The second kappa shape index (κ2) is 4.69. The van der Waals surface area contributed by atoms with E-state index in [-0.39, 0.29) is 5.92 Å². The number of Topliss-reactive ketones (excluding diaryl/α,β-unsaturated/α-hetero) is 1. The van der Waals surface area contributed by atoms with E-state index in [9.17, 15) is 4.79 Å². The molecule has 0 saturated heterocycles. The maximum atomic E-state index is 11.7. The molecular weight excluding hydrogens is 194 g/mol. The van der Waals surface area contributed by atoms with E-state index in [0.29, 0.717) is 18.1 Å². The first-order valence-corrected chi connectivity index (χ1v) is 5.82. The molecule has 0 fully saturated rings. The number of carbonyl (C=O) groups is 1. The smallest absolute Gasteiger partial charge is 0.142 e. The molecule has 0 spiro atoms. The molecule has 78 valence electrons. The van der Waals surface area contributed by atoms with Crippen molar-refractivity contribution in [2.45, 2.75) is 34.1 Å². The highest BCUT2D eigenvalue weighted by atomic mass is 32.1. The molecule has 1 aromatic rings. The molecule has 0 amide bonds. The van der Waals surface area contributed by atoms with Gasteiger partial charge in [0.05, 0.1) is 6.42 Å². The molecule has 1 aromatic heterocycles. The summed E-state index contributed by atoms with van der Waals surface area (Å²) in [5.74, 6) is 0.858. The highest BCUT2D eigenvalue weighted by molar-refractivity contribution is 7.09. The van der Waals surface area contributed by atoms with Crippen LogP contribution in [0.5, 0.6) is 0 Å². The average molecular weight is 211 g/mol. The monoisotopic (exact) mass is 211 g/mol. The van der Waals surface area contributed by atoms with Crippen molar-refractivity contribution in [1.82, 2.24) is 4.98 Å². The summed E-state index contributed by atoms with van der Waals surface area (Å²) in [7, 11) is 0. The Balaban J connectivity index is 2.57. The molecule has 0 N–H and O–H groups in total. The first-order valence-electron chi connectivity index (χ1n) is 4.94. The van der Waals surface area contributed by atoms with Crippen molar-refractivity contribution in [2.75, 3.05) is 0 Å². The Hall–Kier alpha value is -0.700. The Morgan fingerprint density at radius 1 is 1.50 bits per heavy atom. The molecule has 0 aliphatic carbocycles. The standard InChI is InChI=1S/C11H17NOS/c1-7(2)9(4)10(13)5-11-12-8(3)6-14-11/h6-7,9H,5H2,1-4H3. The van der Waals surface area contributed by atoms with E-state index in [4.69, 9.17) is 0 Å². The van der Waals surface area contributed by atoms with Crippen LogP contribution in [0.3, 0.4) is 0 Å². The highest BCUT2D eigenvalue weighted by Gasteiger charge is 2.17. The molecule has 1 atom stereocenters. The molecule has 0 aliphatic rings. The predicted octanol–water partition coefficient (Wildman–Crippen LogP) is 2.86. The third-order valence-corrected chi connectivity index (χ3v) is 3.47. The van der Waals surface area contributed by atoms with Gasteiger partial charge in [0.1, 0.15) is 10.8 Å². The maximum Gasteiger partial charge on any atom is 0.142 e. The zero-order valence-corrected chi connectivity index (χ0v) is 10.0. The molecule has 14 heavy (non-hydrogen) atoms. The second-order valence-electron chi connectivity index (χ2n) is 4.06. The van der Waals surface area contributed by atoms with Gasteiger partial charge >= 0.3 is 0 Å². The van der Waals surface area contributed by atoms with Gasteiger partial charge in [-0.15, -0.1) is 11.3 Å². The fourth-order valence-electron chi connectivity index (χ4n) is 1.17. The van der Waals surface area contributed by atoms with Crippen LogP contribution in [0.4, 0.5) is 0 Å². The summed E-state index contributed by atoms with van der Waals surface area (Å²) in [4.78, 5) is 16.0. The number of hydrogen-bond acceptors (Lipinski definition) is 3. The largest absolute Gasteiger partial charge is 0.299 e. The molecule has 3 heteroatoms. The fourth-order valence-corrected chi connectivity index (χ4v) is 1.95. The summed E-state index contributed by atoms with van der Waals surface area (Å²) in [5, 5.41) is 2.93. The van der Waals surface area contributed by atoms with Crippen molar-refractivity contribution in [3.63, 3.8) is 0 Å². The molecule has 0 radical (unpaired) electrons. The van der Waals surface area contributed by atoms with Crippen molar-refractivity contribution in [3.05, 3.63) is 16.1 Å². The van der Waals surface area contributed by atoms with Gasteiger partial charge in [-0.3, -0.25) is 4.79 Å². The molecule has 2 nitrogen and oxygen atoms in total. The van der Waals surface area contributed by atoms with Crippen LogP contribution in [0.1, 0.15) is 31.5 Å². The normalized spacial score (nSPS) is 13.2. The molecule has 1 unspecified atom stereocenters. The minimum absolute atomic E-state index is 0.138. The van der Waals surface area contributed by atoms with Gasteiger partial charge < -0.3 is 0 Å². The lowest BCUT2D eigenvalue weighted by atomic mass is 9.92. The molecule has 0 bridgehead atoms. The SMILES string of the molecule is Cc1csc(CC(=O)C(C)C(C)C)n1. The quantitative estimate of drug-likeness (QED) is 0.766. The van der Waals surface area contributed by atoms with Crippen molar-refractivity contribution in [1.29, 1.82) is 0 Å². The van der Waals surface area contributed by atoms with Crippen molar-refractivity contribution >= 4 is 17.1 Å². The Morgan fingerprint density at radius 2 is 2.14 bits per heavy atom. The van der Waals surface area contributed by atoms with E-state index < -0.39 is 0 Å². The second-order valence-corrected chi connectivity index (χ2v) is 5.00. The van der Waals surface area contributed by atoms with Crippen LogP contribution in [0.25, 0.3) is 0 Å². The van der Waals surface area contributed by atoms with Gasteiger partial charge in [-0.25, -0.2) is 4.98 Å². The van der Waals surface area contributed by atoms with Crippen molar-refractivity contribution in [2.24, 2.45) is 11.8 Å². The van der Waals surface area contributed by atoms with Crippen LogP contribution in [-0.2, 0) is 11.2 Å². The van der Waals surface area contributed by atoms with E-state index in [1.807, 2.05) is 19.2 Å². The van der Waals surface area contributed by atoms with Crippen LogP contribution in [0, 0.1) is 18.8 Å². The van der Waals surface area contributed by atoms with Crippen LogP contribution in [0.2, 0.25) is 0 Å². The Bertz CT molecular complexity index is 317. The summed E-state index contributed by atoms with van der Waals surface area (Å²) in [6.45, 7) is 8.11. The molecule has 0 aromatic carbocycles. The number of carbonyl (C=O) groups excluding carboxylic acids is 1. The number of nitrogens with zero attached hydrogens (tertiary/aromatic N) is 1. The Labute approximate surface area is 89.4 Å². The van der Waals surface area contributed by atoms with Gasteiger partial charge in [0.15, 0.2) is 0 Å². The zero-order chi connectivity index (χ0) is 10.7. The average Bonchev–Trinajstić information content (AvgIpc) is 2.49. The van der Waals surface area contributed by atoms with E-state index in [1.54, 1.807) is 11.3 Å². The minimum Gasteiger partial charge on any atom is -0.299 e. The van der Waals surface area contributed by atoms with E-state index >= 15 is 0 Å². The third-order valence-electron chi connectivity index (χ3n) is 2.50. The van der Waals surface area contributed by atoms with E-state index in [1.165, 1.54) is 0 Å². The van der Waals surface area contributed by atoms with Gasteiger partial charge in [-0.1, -0.05) is 20.8 Å². The number of thiazole rings is 1. The lowest BCUT2D eigenvalue weighted by Crippen LogP contribution is -2.18. The summed E-state index contributed by atoms with van der Waals surface area (Å²) >= 11 is 1.58. The van der Waals surface area contributed by atoms with Crippen LogP contribution < -0.4 is 0 Å². The van der Waals surface area contributed by atoms with Gasteiger partial charge in [-0.05, 0) is 12.8 Å². The van der Waals surface area contributed by atoms with Gasteiger partial charge in [0, 0.05) is 17.0 Å². The zero-order valence-electron chi connectivity index (χ0n) is 9.20. The topological polar surface area (TPSA) is 30.0 Å². The van der Waals surface area contributed by atoms with E-state index in [0.717, 1.165) is 10.7 Å². The first kappa shape index (κ1) is 11.4. The first-order chi connectivity index (χ1) is 6.50. The number of aryl methyl sites for hydroxylation is 1. The van der Waals surface area contributed by atoms with Crippen LogP contribution in [0.15, 0.2) is 5.38 Å². The minimum atomic E-state index is 0.138. The van der Waals surface area contributed by atoms with Gasteiger partial charge in [0.25, 0.3) is 0 Å². The predicted molar refractivity (Wildman–Crippen MR) is 59.6 cm³/mol. The number of hydrogen-bond donors (Lipinski definition) is 0. The third kappa shape index (κ3) is 2.91. The lowest BCUT2D eigenvalue weighted by Gasteiger charge is -2.12. The summed E-state index contributed by atoms with van der Waals surface area (Å²) < 4.78 is 0. The summed E-state index contributed by atoms with van der Waals surface area (Å²) in [6.07, 6.45) is 0.498. The molecule has 0 aliphatic heterocycles. The maximum absolute atomic E-state index is 11.7. The number of ketones is 1.